The maximum Gasteiger partial charge on any atom is 0.250 e. The van der Waals surface area contributed by atoms with Gasteiger partial charge in [0, 0.05) is 10.5 Å². The smallest absolute Gasteiger partial charge is 0.250 e. The van der Waals surface area contributed by atoms with Gasteiger partial charge in [-0.25, -0.2) is 9.82 Å². The van der Waals surface area contributed by atoms with Crippen LogP contribution in [0.25, 0.3) is 0 Å². The van der Waals surface area contributed by atoms with Crippen molar-refractivity contribution in [2.24, 2.45) is 5.10 Å². The Labute approximate surface area is 118 Å². The molecule has 1 N–H and O–H groups in total. The number of benzene rings is 1. The number of thioether (sulfide) groups is 1. The predicted molar refractivity (Wildman–Crippen MR) is 77.2 cm³/mol. The highest BCUT2D eigenvalue weighted by Crippen LogP contribution is 2.20. The number of nitrogens with zero attached hydrogens (tertiary/aromatic N) is 1. The van der Waals surface area contributed by atoms with Crippen LogP contribution >= 0.6 is 23.1 Å². The average Bonchev–Trinajstić information content (AvgIpc) is 2.91. The van der Waals surface area contributed by atoms with Gasteiger partial charge in [-0.05, 0) is 29.0 Å². The zero-order valence-corrected chi connectivity index (χ0v) is 11.5. The van der Waals surface area contributed by atoms with Crippen molar-refractivity contribution in [3.05, 3.63) is 52.5 Å². The predicted octanol–water partition coefficient (Wildman–Crippen LogP) is 3.13. The molecule has 0 spiro atoms. The highest BCUT2D eigenvalue weighted by molar-refractivity contribution is 8.00. The van der Waals surface area contributed by atoms with Crippen LogP contribution in [0.15, 0.2) is 51.1 Å². The summed E-state index contributed by atoms with van der Waals surface area (Å²) in [4.78, 5) is 11.9. The van der Waals surface area contributed by atoms with Gasteiger partial charge in [0.15, 0.2) is 0 Å². The number of hydrazone groups is 1. The number of amides is 1. The number of hydrogen-bond acceptors (Lipinski definition) is 4. The fourth-order valence-corrected chi connectivity index (χ4v) is 2.61. The van der Waals surface area contributed by atoms with Crippen LogP contribution in [0, 0.1) is 5.82 Å². The summed E-state index contributed by atoms with van der Waals surface area (Å²) in [6.45, 7) is 0. The lowest BCUT2D eigenvalue weighted by molar-refractivity contribution is -0.118. The fourth-order valence-electron chi connectivity index (χ4n) is 1.26. The van der Waals surface area contributed by atoms with E-state index in [9.17, 15) is 9.18 Å². The third-order valence-electron chi connectivity index (χ3n) is 2.14. The van der Waals surface area contributed by atoms with Crippen LogP contribution in [0.2, 0.25) is 0 Å². The van der Waals surface area contributed by atoms with Gasteiger partial charge in [0.1, 0.15) is 5.82 Å². The normalized spacial score (nSPS) is 10.8. The number of carbonyl (C=O) groups is 1. The van der Waals surface area contributed by atoms with Gasteiger partial charge >= 0.3 is 0 Å². The Morgan fingerprint density at radius 2 is 2.26 bits per heavy atom. The number of rotatable bonds is 5. The zero-order valence-electron chi connectivity index (χ0n) is 9.88. The molecular weight excluding hydrogens is 283 g/mol. The molecule has 2 aromatic rings. The van der Waals surface area contributed by atoms with Gasteiger partial charge in [-0.3, -0.25) is 4.79 Å². The van der Waals surface area contributed by atoms with Gasteiger partial charge in [0.05, 0.1) is 12.0 Å². The van der Waals surface area contributed by atoms with Gasteiger partial charge in [0.2, 0.25) is 5.91 Å². The van der Waals surface area contributed by atoms with Crippen molar-refractivity contribution < 1.29 is 9.18 Å². The van der Waals surface area contributed by atoms with Gasteiger partial charge in [0.25, 0.3) is 0 Å². The lowest BCUT2D eigenvalue weighted by Gasteiger charge is -2.01. The van der Waals surface area contributed by atoms with Crippen LogP contribution in [-0.2, 0) is 4.79 Å². The Morgan fingerprint density at radius 3 is 3.00 bits per heavy atom. The number of thiophene rings is 1. The van der Waals surface area contributed by atoms with Crippen molar-refractivity contribution in [3.63, 3.8) is 0 Å². The summed E-state index contributed by atoms with van der Waals surface area (Å²) in [5, 5.41) is 7.67. The molecule has 0 saturated carbocycles. The first kappa shape index (κ1) is 13.8. The van der Waals surface area contributed by atoms with E-state index < -0.39 is 0 Å². The van der Waals surface area contributed by atoms with E-state index in [1.807, 2.05) is 16.8 Å². The van der Waals surface area contributed by atoms with Gasteiger partial charge < -0.3 is 0 Å². The Hall–Kier alpha value is -1.66. The second-order valence-electron chi connectivity index (χ2n) is 3.57. The fraction of sp³-hybridized carbons (Fsp3) is 0.0769. The van der Waals surface area contributed by atoms with E-state index in [0.29, 0.717) is 4.90 Å². The quantitative estimate of drug-likeness (QED) is 0.523. The van der Waals surface area contributed by atoms with Crippen LogP contribution in [-0.4, -0.2) is 17.9 Å². The first-order valence-corrected chi connectivity index (χ1v) is 7.40. The van der Waals surface area contributed by atoms with Crippen LogP contribution < -0.4 is 5.43 Å². The molecule has 0 atom stereocenters. The first-order valence-electron chi connectivity index (χ1n) is 5.47. The van der Waals surface area contributed by atoms with E-state index in [2.05, 4.69) is 10.5 Å². The molecule has 0 aliphatic carbocycles. The minimum absolute atomic E-state index is 0.127. The molecule has 3 nitrogen and oxygen atoms in total. The summed E-state index contributed by atoms with van der Waals surface area (Å²) in [6, 6.07) is 8.26. The van der Waals surface area contributed by atoms with E-state index in [1.165, 1.54) is 6.07 Å². The maximum atomic E-state index is 13.3. The third-order valence-corrected chi connectivity index (χ3v) is 3.89. The highest BCUT2D eigenvalue weighted by Gasteiger charge is 2.05. The van der Waals surface area contributed by atoms with Gasteiger partial charge in [-0.2, -0.15) is 16.4 Å². The molecule has 1 aromatic heterocycles. The lowest BCUT2D eigenvalue weighted by Crippen LogP contribution is -2.19. The van der Waals surface area contributed by atoms with E-state index in [-0.39, 0.29) is 17.5 Å². The topological polar surface area (TPSA) is 41.5 Å². The van der Waals surface area contributed by atoms with E-state index >= 15 is 0 Å². The molecule has 6 heteroatoms. The largest absolute Gasteiger partial charge is 0.272 e. The molecule has 0 bridgehead atoms. The van der Waals surface area contributed by atoms with Crippen molar-refractivity contribution in [1.82, 2.24) is 5.43 Å². The molecular formula is C13H11FN2OS2. The minimum Gasteiger partial charge on any atom is -0.272 e. The molecule has 0 aliphatic heterocycles. The number of carbonyl (C=O) groups excluding carboxylic acids is 1. The van der Waals surface area contributed by atoms with Crippen molar-refractivity contribution in [2.75, 3.05) is 5.75 Å². The monoisotopic (exact) mass is 294 g/mol. The van der Waals surface area contributed by atoms with Crippen molar-refractivity contribution in [2.45, 2.75) is 4.90 Å². The van der Waals surface area contributed by atoms with E-state index in [0.717, 1.165) is 17.3 Å². The molecule has 0 aliphatic rings. The van der Waals surface area contributed by atoms with Crippen molar-refractivity contribution in [1.29, 1.82) is 0 Å². The Morgan fingerprint density at radius 1 is 1.42 bits per heavy atom. The molecule has 98 valence electrons. The Kier molecular flexibility index (Phi) is 5.11. The second-order valence-corrected chi connectivity index (χ2v) is 5.37. The van der Waals surface area contributed by atoms with Crippen LogP contribution in [0.5, 0.6) is 0 Å². The maximum absolute atomic E-state index is 13.3. The number of hydrogen-bond donors (Lipinski definition) is 1. The summed E-state index contributed by atoms with van der Waals surface area (Å²) < 4.78 is 13.3. The standard InChI is InChI=1S/C13H11FN2OS2/c14-11-3-1-2-4-12(11)19-9-13(17)16-15-7-10-5-6-18-8-10/h1-8H,9H2,(H,16,17)/b15-7-. The highest BCUT2D eigenvalue weighted by atomic mass is 32.2. The van der Waals surface area contributed by atoms with E-state index in [4.69, 9.17) is 0 Å². The van der Waals surface area contributed by atoms with Crippen LogP contribution in [0.4, 0.5) is 4.39 Å². The summed E-state index contributed by atoms with van der Waals surface area (Å²) in [6.07, 6.45) is 1.57. The SMILES string of the molecule is O=C(CSc1ccccc1F)N/N=C\c1ccsc1. The number of halogens is 1. The van der Waals surface area contributed by atoms with Crippen molar-refractivity contribution >= 4 is 35.2 Å². The molecule has 0 radical (unpaired) electrons. The van der Waals surface area contributed by atoms with Gasteiger partial charge in [-0.15, -0.1) is 11.8 Å². The zero-order chi connectivity index (χ0) is 13.5. The lowest BCUT2D eigenvalue weighted by atomic mass is 10.3. The van der Waals surface area contributed by atoms with Crippen molar-refractivity contribution in [3.8, 4) is 0 Å². The number of nitrogens with one attached hydrogen (secondary N) is 1. The summed E-state index contributed by atoms with van der Waals surface area (Å²) >= 11 is 2.70. The second kappa shape index (κ2) is 7.06. The summed E-state index contributed by atoms with van der Waals surface area (Å²) in [7, 11) is 0. The molecule has 1 aromatic carbocycles. The van der Waals surface area contributed by atoms with E-state index in [1.54, 1.807) is 35.8 Å². The average molecular weight is 294 g/mol. The third kappa shape index (κ3) is 4.50. The molecule has 0 fully saturated rings. The molecule has 0 saturated heterocycles. The molecule has 0 unspecified atom stereocenters. The molecule has 1 heterocycles. The molecule has 1 amide bonds. The van der Waals surface area contributed by atoms with Gasteiger partial charge in [-0.1, -0.05) is 12.1 Å². The van der Waals surface area contributed by atoms with Crippen LogP contribution in [0.3, 0.4) is 0 Å². The summed E-state index contributed by atoms with van der Waals surface area (Å²) in [5.74, 6) is -0.455. The minimum atomic E-state index is -0.318. The Balaban J connectivity index is 1.78. The first-order chi connectivity index (χ1) is 9.25. The summed E-state index contributed by atoms with van der Waals surface area (Å²) in [5.41, 5.74) is 3.34. The van der Waals surface area contributed by atoms with Crippen LogP contribution in [0.1, 0.15) is 5.56 Å². The Bertz CT molecular complexity index is 570. The molecule has 2 rings (SSSR count). The molecule has 19 heavy (non-hydrogen) atoms.